The molecule has 0 aliphatic rings. The van der Waals surface area contributed by atoms with Crippen molar-refractivity contribution in [1.82, 2.24) is 0 Å². The van der Waals surface area contributed by atoms with Crippen LogP contribution in [-0.2, 0) is 0 Å². The van der Waals surface area contributed by atoms with Crippen LogP contribution in [0, 0.1) is 0 Å². The summed E-state index contributed by atoms with van der Waals surface area (Å²) in [7, 11) is 0. The Bertz CT molecular complexity index is 167. The standard InChI is InChI=1S/C6H6O2.C2H6/c7-5-2-1-3-6(8)4-5;1-2/h1-4,7-8H;1-2H3. The number of rotatable bonds is 0. The Morgan fingerprint density at radius 2 is 1.40 bits per heavy atom. The third kappa shape index (κ3) is 2.97. The second-order valence-electron chi connectivity index (χ2n) is 1.52. The van der Waals surface area contributed by atoms with Gasteiger partial charge in [-0.05, 0) is 12.1 Å². The van der Waals surface area contributed by atoms with Crippen molar-refractivity contribution < 1.29 is 10.2 Å². The maximum Gasteiger partial charge on any atom is 0.119 e. The number of benzene rings is 1. The fraction of sp³-hybridized carbons (Fsp3) is 0.250. The van der Waals surface area contributed by atoms with Gasteiger partial charge in [0.2, 0.25) is 0 Å². The first-order chi connectivity index (χ1) is 4.79. The smallest absolute Gasteiger partial charge is 0.119 e. The van der Waals surface area contributed by atoms with Crippen LogP contribution in [0.25, 0.3) is 0 Å². The second-order valence-corrected chi connectivity index (χ2v) is 1.52. The summed E-state index contributed by atoms with van der Waals surface area (Å²) in [5.41, 5.74) is 0. The number of aromatic hydroxyl groups is 2. The first kappa shape index (κ1) is 8.82. The van der Waals surface area contributed by atoms with Gasteiger partial charge in [-0.1, -0.05) is 19.9 Å². The minimum absolute atomic E-state index is 0.0880. The molecule has 2 nitrogen and oxygen atoms in total. The molecule has 0 amide bonds. The summed E-state index contributed by atoms with van der Waals surface area (Å²) in [6.07, 6.45) is 0. The third-order valence-corrected chi connectivity index (χ3v) is 0.830. The summed E-state index contributed by atoms with van der Waals surface area (Å²) in [5.74, 6) is 0.176. The topological polar surface area (TPSA) is 40.5 Å². The summed E-state index contributed by atoms with van der Waals surface area (Å²) >= 11 is 0. The molecule has 0 spiro atoms. The van der Waals surface area contributed by atoms with E-state index < -0.39 is 0 Å². The summed E-state index contributed by atoms with van der Waals surface area (Å²) in [4.78, 5) is 0. The molecule has 0 radical (unpaired) electrons. The minimum Gasteiger partial charge on any atom is -0.508 e. The van der Waals surface area contributed by atoms with Gasteiger partial charge in [0.25, 0.3) is 0 Å². The van der Waals surface area contributed by atoms with Crippen molar-refractivity contribution in [1.29, 1.82) is 0 Å². The first-order valence-corrected chi connectivity index (χ1v) is 3.27. The number of hydrogen-bond acceptors (Lipinski definition) is 2. The SMILES string of the molecule is CC.Oc1cccc(O)c1. The molecule has 10 heavy (non-hydrogen) atoms. The molecular formula is C8H12O2. The normalized spacial score (nSPS) is 7.80. The van der Waals surface area contributed by atoms with Crippen LogP contribution in [0.4, 0.5) is 0 Å². The van der Waals surface area contributed by atoms with E-state index in [2.05, 4.69) is 0 Å². The highest BCUT2D eigenvalue weighted by molar-refractivity contribution is 5.30. The van der Waals surface area contributed by atoms with Crippen molar-refractivity contribution in [3.05, 3.63) is 24.3 Å². The van der Waals surface area contributed by atoms with Crippen LogP contribution >= 0.6 is 0 Å². The lowest BCUT2D eigenvalue weighted by Gasteiger charge is -1.89. The van der Waals surface area contributed by atoms with E-state index in [0.29, 0.717) is 0 Å². The molecule has 0 aliphatic heterocycles. The Labute approximate surface area is 60.8 Å². The van der Waals surface area contributed by atoms with Gasteiger partial charge in [0.1, 0.15) is 11.5 Å². The van der Waals surface area contributed by atoms with E-state index in [-0.39, 0.29) is 11.5 Å². The molecule has 0 fully saturated rings. The minimum atomic E-state index is 0.0880. The average molecular weight is 140 g/mol. The van der Waals surface area contributed by atoms with Crippen LogP contribution in [-0.4, -0.2) is 10.2 Å². The number of phenols is 2. The third-order valence-electron chi connectivity index (χ3n) is 0.830. The summed E-state index contributed by atoms with van der Waals surface area (Å²) in [6, 6.07) is 5.85. The van der Waals surface area contributed by atoms with E-state index in [1.165, 1.54) is 18.2 Å². The lowest BCUT2D eigenvalue weighted by molar-refractivity contribution is 0.450. The van der Waals surface area contributed by atoms with E-state index in [9.17, 15) is 0 Å². The largest absolute Gasteiger partial charge is 0.508 e. The summed E-state index contributed by atoms with van der Waals surface area (Å²) in [6.45, 7) is 4.00. The van der Waals surface area contributed by atoms with E-state index in [1.807, 2.05) is 13.8 Å². The van der Waals surface area contributed by atoms with E-state index in [0.717, 1.165) is 0 Å². The molecular weight excluding hydrogens is 128 g/mol. The molecule has 0 aromatic heterocycles. The van der Waals surface area contributed by atoms with Crippen LogP contribution in [0.3, 0.4) is 0 Å². The Balaban J connectivity index is 0.000000371. The van der Waals surface area contributed by atoms with Gasteiger partial charge < -0.3 is 10.2 Å². The van der Waals surface area contributed by atoms with E-state index in [1.54, 1.807) is 6.07 Å². The quantitative estimate of drug-likeness (QED) is 0.579. The summed E-state index contributed by atoms with van der Waals surface area (Å²) in [5, 5.41) is 17.3. The van der Waals surface area contributed by atoms with Crippen LogP contribution in [0.5, 0.6) is 11.5 Å². The molecule has 2 heteroatoms. The zero-order valence-electron chi connectivity index (χ0n) is 6.20. The molecule has 1 aromatic carbocycles. The highest BCUT2D eigenvalue weighted by atomic mass is 16.3. The molecule has 1 rings (SSSR count). The van der Waals surface area contributed by atoms with Gasteiger partial charge in [-0.3, -0.25) is 0 Å². The molecule has 0 aliphatic carbocycles. The van der Waals surface area contributed by atoms with Gasteiger partial charge in [-0.15, -0.1) is 0 Å². The molecule has 56 valence electrons. The van der Waals surface area contributed by atoms with Crippen LogP contribution < -0.4 is 0 Å². The monoisotopic (exact) mass is 140 g/mol. The zero-order valence-corrected chi connectivity index (χ0v) is 6.20. The Morgan fingerprint density at radius 3 is 1.60 bits per heavy atom. The Kier molecular flexibility index (Phi) is 4.12. The molecule has 2 N–H and O–H groups in total. The van der Waals surface area contributed by atoms with Gasteiger partial charge in [0, 0.05) is 6.07 Å². The Hall–Kier alpha value is -1.18. The molecule has 0 saturated heterocycles. The zero-order chi connectivity index (χ0) is 7.98. The summed E-state index contributed by atoms with van der Waals surface area (Å²) < 4.78 is 0. The molecule has 0 unspecified atom stereocenters. The van der Waals surface area contributed by atoms with Crippen molar-refractivity contribution in [3.63, 3.8) is 0 Å². The van der Waals surface area contributed by atoms with E-state index >= 15 is 0 Å². The molecule has 0 atom stereocenters. The fourth-order valence-electron chi connectivity index (χ4n) is 0.493. The predicted molar refractivity (Wildman–Crippen MR) is 41.1 cm³/mol. The van der Waals surface area contributed by atoms with Crippen LogP contribution in [0.2, 0.25) is 0 Å². The van der Waals surface area contributed by atoms with Crippen LogP contribution in [0.1, 0.15) is 13.8 Å². The maximum atomic E-state index is 8.65. The first-order valence-electron chi connectivity index (χ1n) is 3.27. The van der Waals surface area contributed by atoms with Crippen molar-refractivity contribution in [2.24, 2.45) is 0 Å². The van der Waals surface area contributed by atoms with Gasteiger partial charge in [0.15, 0.2) is 0 Å². The van der Waals surface area contributed by atoms with Gasteiger partial charge in [-0.2, -0.15) is 0 Å². The van der Waals surface area contributed by atoms with Crippen LogP contribution in [0.15, 0.2) is 24.3 Å². The molecule has 0 heterocycles. The second kappa shape index (κ2) is 4.68. The molecule has 0 saturated carbocycles. The highest BCUT2D eigenvalue weighted by Gasteiger charge is 1.85. The van der Waals surface area contributed by atoms with Crippen molar-refractivity contribution >= 4 is 0 Å². The lowest BCUT2D eigenvalue weighted by atomic mass is 10.3. The number of phenolic OH excluding ortho intramolecular Hbond substituents is 2. The van der Waals surface area contributed by atoms with Gasteiger partial charge in [0.05, 0.1) is 0 Å². The maximum absolute atomic E-state index is 8.65. The molecule has 0 bridgehead atoms. The van der Waals surface area contributed by atoms with Crippen molar-refractivity contribution in [3.8, 4) is 11.5 Å². The predicted octanol–water partition coefficient (Wildman–Crippen LogP) is 2.12. The Morgan fingerprint density at radius 1 is 1.00 bits per heavy atom. The van der Waals surface area contributed by atoms with Gasteiger partial charge >= 0.3 is 0 Å². The van der Waals surface area contributed by atoms with Crippen molar-refractivity contribution in [2.45, 2.75) is 13.8 Å². The van der Waals surface area contributed by atoms with E-state index in [4.69, 9.17) is 10.2 Å². The molecule has 1 aromatic rings. The fourth-order valence-corrected chi connectivity index (χ4v) is 0.493. The van der Waals surface area contributed by atoms with Crippen molar-refractivity contribution in [2.75, 3.05) is 0 Å². The highest BCUT2D eigenvalue weighted by Crippen LogP contribution is 2.14. The lowest BCUT2D eigenvalue weighted by Crippen LogP contribution is -1.61. The average Bonchev–Trinajstić information content (AvgIpc) is 1.91. The van der Waals surface area contributed by atoms with Gasteiger partial charge in [-0.25, -0.2) is 0 Å². The number of hydrogen-bond donors (Lipinski definition) is 2.